The predicted octanol–water partition coefficient (Wildman–Crippen LogP) is 5.51. The first-order chi connectivity index (χ1) is 18.4. The molecule has 1 unspecified atom stereocenters. The van der Waals surface area contributed by atoms with E-state index in [9.17, 15) is 9.18 Å². The molecule has 4 aromatic rings. The number of amides is 1. The zero-order valence-corrected chi connectivity index (χ0v) is 21.9. The molecule has 0 saturated heterocycles. The van der Waals surface area contributed by atoms with Crippen molar-refractivity contribution in [1.82, 2.24) is 20.3 Å². The number of H-pyrrole nitrogens is 2. The Balaban J connectivity index is 1.42. The van der Waals surface area contributed by atoms with Gasteiger partial charge in [-0.2, -0.15) is 0 Å². The predicted molar refractivity (Wildman–Crippen MR) is 146 cm³/mol. The lowest BCUT2D eigenvalue weighted by molar-refractivity contribution is -0.124. The standard InChI is InChI=1S/C30H33FN4O3/c1-18-27(33-19(2)30(18)31)17-35(13-12-22-16-32-26-15-23(38-3)7-9-24(22)26)28-10-6-21-14-20(4-8-25(21)28)5-11-29(36)34-37/h4-5,7-9,11,14-16,28,32-33,37H,6,10,12-13,17H2,1-3H3,(H,34,36). The molecule has 198 valence electrons. The Morgan fingerprint density at radius 3 is 2.84 bits per heavy atom. The van der Waals surface area contributed by atoms with Gasteiger partial charge >= 0.3 is 0 Å². The Morgan fingerprint density at radius 2 is 2.11 bits per heavy atom. The number of rotatable bonds is 9. The van der Waals surface area contributed by atoms with Crippen molar-refractivity contribution in [3.8, 4) is 5.75 Å². The van der Waals surface area contributed by atoms with Crippen LogP contribution < -0.4 is 10.2 Å². The summed E-state index contributed by atoms with van der Waals surface area (Å²) in [7, 11) is 1.67. The molecular formula is C30H33FN4O3. The number of halogens is 1. The van der Waals surface area contributed by atoms with Gasteiger partial charge in [0.25, 0.3) is 5.91 Å². The largest absolute Gasteiger partial charge is 0.497 e. The van der Waals surface area contributed by atoms with Gasteiger partial charge in [-0.05, 0) is 73.6 Å². The van der Waals surface area contributed by atoms with Crippen LogP contribution in [0.15, 0.2) is 48.7 Å². The number of hydrogen-bond donors (Lipinski definition) is 4. The Kier molecular flexibility index (Phi) is 7.35. The fraction of sp³-hybridized carbons (Fsp3) is 0.300. The van der Waals surface area contributed by atoms with Crippen LogP contribution in [-0.2, 0) is 24.2 Å². The first kappa shape index (κ1) is 25.8. The van der Waals surface area contributed by atoms with Gasteiger partial charge in [0.05, 0.1) is 7.11 Å². The number of ether oxygens (including phenoxy) is 1. The average molecular weight is 517 g/mol. The molecule has 0 radical (unpaired) electrons. The van der Waals surface area contributed by atoms with Crippen LogP contribution >= 0.6 is 0 Å². The molecule has 2 aromatic carbocycles. The number of fused-ring (bicyclic) bond motifs is 2. The molecule has 38 heavy (non-hydrogen) atoms. The van der Waals surface area contributed by atoms with Gasteiger partial charge in [0.2, 0.25) is 0 Å². The van der Waals surface area contributed by atoms with E-state index in [2.05, 4.69) is 39.3 Å². The molecule has 0 aliphatic heterocycles. The molecule has 1 atom stereocenters. The maximum atomic E-state index is 14.5. The minimum atomic E-state index is -0.561. The summed E-state index contributed by atoms with van der Waals surface area (Å²) < 4.78 is 19.9. The summed E-state index contributed by atoms with van der Waals surface area (Å²) in [6, 6.07) is 12.5. The van der Waals surface area contributed by atoms with Crippen LogP contribution in [-0.4, -0.2) is 39.6 Å². The van der Waals surface area contributed by atoms with Gasteiger partial charge < -0.3 is 14.7 Å². The van der Waals surface area contributed by atoms with Gasteiger partial charge in [-0.25, -0.2) is 9.87 Å². The quantitative estimate of drug-likeness (QED) is 0.134. The first-order valence-electron chi connectivity index (χ1n) is 12.8. The van der Waals surface area contributed by atoms with E-state index in [1.54, 1.807) is 25.6 Å². The van der Waals surface area contributed by atoms with E-state index < -0.39 is 5.91 Å². The number of nitrogens with one attached hydrogen (secondary N) is 3. The normalized spacial score (nSPS) is 15.1. The van der Waals surface area contributed by atoms with Crippen LogP contribution in [0, 0.1) is 19.7 Å². The van der Waals surface area contributed by atoms with E-state index >= 15 is 0 Å². The zero-order valence-electron chi connectivity index (χ0n) is 21.9. The fourth-order valence-corrected chi connectivity index (χ4v) is 5.57. The van der Waals surface area contributed by atoms with Gasteiger partial charge in [0.1, 0.15) is 11.6 Å². The van der Waals surface area contributed by atoms with Crippen molar-refractivity contribution in [2.24, 2.45) is 0 Å². The van der Waals surface area contributed by atoms with Crippen LogP contribution in [0.4, 0.5) is 4.39 Å². The van der Waals surface area contributed by atoms with Crippen LogP contribution in [0.3, 0.4) is 0 Å². The summed E-state index contributed by atoms with van der Waals surface area (Å²) in [5.74, 6) is 0.0933. The average Bonchev–Trinajstić information content (AvgIpc) is 3.61. The SMILES string of the molecule is COc1ccc2c(CCN(Cc3[nH]c(C)c(F)c3C)C3CCc4cc(C=CC(=O)NO)ccc43)c[nH]c2c1. The van der Waals surface area contributed by atoms with E-state index in [4.69, 9.17) is 9.94 Å². The van der Waals surface area contributed by atoms with E-state index in [0.29, 0.717) is 17.8 Å². The highest BCUT2D eigenvalue weighted by atomic mass is 19.1. The van der Waals surface area contributed by atoms with Crippen molar-refractivity contribution < 1.29 is 19.1 Å². The monoisotopic (exact) mass is 516 g/mol. The van der Waals surface area contributed by atoms with Gasteiger partial charge in [-0.1, -0.05) is 18.2 Å². The molecule has 2 aromatic heterocycles. The third-order valence-corrected chi connectivity index (χ3v) is 7.64. The van der Waals surface area contributed by atoms with Crippen molar-refractivity contribution >= 4 is 22.9 Å². The molecule has 1 aliphatic rings. The maximum Gasteiger partial charge on any atom is 0.267 e. The summed E-state index contributed by atoms with van der Waals surface area (Å²) in [6.45, 7) is 5.03. The summed E-state index contributed by atoms with van der Waals surface area (Å²) in [4.78, 5) is 20.5. The van der Waals surface area contributed by atoms with Crippen molar-refractivity contribution in [2.45, 2.75) is 45.7 Å². The molecule has 0 fully saturated rings. The summed E-state index contributed by atoms with van der Waals surface area (Å²) in [5, 5.41) is 9.91. The Bertz CT molecular complexity index is 1500. The van der Waals surface area contributed by atoms with Crippen LogP contribution in [0.5, 0.6) is 5.75 Å². The van der Waals surface area contributed by atoms with Crippen LogP contribution in [0.25, 0.3) is 17.0 Å². The Morgan fingerprint density at radius 1 is 1.26 bits per heavy atom. The minimum absolute atomic E-state index is 0.166. The number of methoxy groups -OCH3 is 1. The highest BCUT2D eigenvalue weighted by molar-refractivity contribution is 5.90. The number of carbonyl (C=O) groups is 1. The Hall–Kier alpha value is -3.88. The molecule has 0 spiro atoms. The molecule has 5 rings (SSSR count). The van der Waals surface area contributed by atoms with Gasteiger partial charge in [0, 0.05) is 65.3 Å². The van der Waals surface area contributed by atoms with Crippen molar-refractivity contribution in [1.29, 1.82) is 0 Å². The van der Waals surface area contributed by atoms with E-state index in [0.717, 1.165) is 48.3 Å². The lowest BCUT2D eigenvalue weighted by Crippen LogP contribution is -2.30. The summed E-state index contributed by atoms with van der Waals surface area (Å²) >= 11 is 0. The summed E-state index contributed by atoms with van der Waals surface area (Å²) in [6.07, 6.45) is 7.80. The number of aromatic nitrogens is 2. The second kappa shape index (κ2) is 10.8. The van der Waals surface area contributed by atoms with Crippen molar-refractivity contribution in [2.75, 3.05) is 13.7 Å². The molecule has 4 N–H and O–H groups in total. The molecule has 0 saturated carbocycles. The van der Waals surface area contributed by atoms with Gasteiger partial charge in [-0.3, -0.25) is 14.9 Å². The lowest BCUT2D eigenvalue weighted by atomic mass is 10.0. The highest BCUT2D eigenvalue weighted by Crippen LogP contribution is 2.38. The second-order valence-corrected chi connectivity index (χ2v) is 9.94. The second-order valence-electron chi connectivity index (χ2n) is 9.94. The third kappa shape index (κ3) is 5.10. The first-order valence-corrected chi connectivity index (χ1v) is 12.8. The summed E-state index contributed by atoms with van der Waals surface area (Å²) in [5.41, 5.74) is 9.47. The van der Waals surface area contributed by atoms with E-state index in [1.165, 1.54) is 28.2 Å². The molecule has 1 amide bonds. The fourth-order valence-electron chi connectivity index (χ4n) is 5.57. The van der Waals surface area contributed by atoms with Gasteiger partial charge in [-0.15, -0.1) is 0 Å². The number of nitrogens with zero attached hydrogens (tertiary/aromatic N) is 1. The molecule has 0 bridgehead atoms. The lowest BCUT2D eigenvalue weighted by Gasteiger charge is -2.30. The number of aromatic amines is 2. The Labute approximate surface area is 221 Å². The number of carbonyl (C=O) groups excluding carboxylic acids is 1. The number of aryl methyl sites for hydroxylation is 2. The highest BCUT2D eigenvalue weighted by Gasteiger charge is 2.29. The third-order valence-electron chi connectivity index (χ3n) is 7.64. The van der Waals surface area contributed by atoms with Crippen molar-refractivity contribution in [3.05, 3.63) is 93.7 Å². The van der Waals surface area contributed by atoms with Crippen LogP contribution in [0.2, 0.25) is 0 Å². The van der Waals surface area contributed by atoms with Gasteiger partial charge in [0.15, 0.2) is 0 Å². The van der Waals surface area contributed by atoms with Crippen LogP contribution in [0.1, 0.15) is 51.7 Å². The van der Waals surface area contributed by atoms with E-state index in [-0.39, 0.29) is 11.9 Å². The molecule has 8 heteroatoms. The zero-order chi connectivity index (χ0) is 26.8. The molecular weight excluding hydrogens is 483 g/mol. The molecule has 1 aliphatic carbocycles. The number of benzene rings is 2. The molecule has 7 nitrogen and oxygen atoms in total. The number of hydroxylamine groups is 1. The smallest absolute Gasteiger partial charge is 0.267 e. The minimum Gasteiger partial charge on any atom is -0.497 e. The van der Waals surface area contributed by atoms with E-state index in [1.807, 2.05) is 25.1 Å². The maximum absolute atomic E-state index is 14.5. The number of hydrogen-bond acceptors (Lipinski definition) is 4. The topological polar surface area (TPSA) is 93.4 Å². The molecule has 2 heterocycles. The van der Waals surface area contributed by atoms with Crippen molar-refractivity contribution in [3.63, 3.8) is 0 Å².